The minimum absolute atomic E-state index is 0.226. The van der Waals surface area contributed by atoms with Crippen LogP contribution < -0.4 is 16.2 Å². The average Bonchev–Trinajstić information content (AvgIpc) is 2.73. The summed E-state index contributed by atoms with van der Waals surface area (Å²) in [7, 11) is 2.03. The van der Waals surface area contributed by atoms with E-state index in [9.17, 15) is 0 Å². The molecule has 1 aliphatic rings. The van der Waals surface area contributed by atoms with E-state index >= 15 is 0 Å². The van der Waals surface area contributed by atoms with Crippen molar-refractivity contribution in [3.63, 3.8) is 0 Å². The minimum atomic E-state index is 0.226. The van der Waals surface area contributed by atoms with E-state index < -0.39 is 0 Å². The van der Waals surface area contributed by atoms with Gasteiger partial charge in [0.05, 0.1) is 12.1 Å². The van der Waals surface area contributed by atoms with Crippen LogP contribution in [0.3, 0.4) is 0 Å². The number of nitrogens with two attached hydrogens (primary N) is 1. The van der Waals surface area contributed by atoms with E-state index in [1.165, 1.54) is 0 Å². The largest absolute Gasteiger partial charge is 0.376 e. The highest BCUT2D eigenvalue weighted by Gasteiger charge is 2.28. The van der Waals surface area contributed by atoms with Crippen LogP contribution in [0.2, 0.25) is 0 Å². The maximum atomic E-state index is 5.57. The van der Waals surface area contributed by atoms with Crippen LogP contribution in [-0.2, 0) is 4.74 Å². The summed E-state index contributed by atoms with van der Waals surface area (Å²) in [5, 5.41) is 0. The molecule has 6 heteroatoms. The molecule has 94 valence electrons. The summed E-state index contributed by atoms with van der Waals surface area (Å²) in [4.78, 5) is 10.7. The standard InChI is InChI=1S/C11H19N5O/c1-7-9(4-5-17-7)16(3)11-6-10(15-12)13-8(2)14-11/h6-7,9H,4-5,12H2,1-3H3,(H,13,14,15). The first-order chi connectivity index (χ1) is 8.11. The van der Waals surface area contributed by atoms with Gasteiger partial charge >= 0.3 is 0 Å². The molecule has 3 N–H and O–H groups in total. The summed E-state index contributed by atoms with van der Waals surface area (Å²) in [5.41, 5.74) is 2.56. The van der Waals surface area contributed by atoms with Crippen LogP contribution in [0.15, 0.2) is 6.07 Å². The first-order valence-electron chi connectivity index (χ1n) is 5.78. The molecule has 0 aliphatic carbocycles. The summed E-state index contributed by atoms with van der Waals surface area (Å²) < 4.78 is 5.57. The Labute approximate surface area is 101 Å². The van der Waals surface area contributed by atoms with Gasteiger partial charge in [0.25, 0.3) is 0 Å². The molecular formula is C11H19N5O. The molecule has 1 saturated heterocycles. The number of rotatable bonds is 3. The van der Waals surface area contributed by atoms with Crippen LogP contribution in [0.4, 0.5) is 11.6 Å². The number of hydrogen-bond donors (Lipinski definition) is 2. The van der Waals surface area contributed by atoms with E-state index in [0.29, 0.717) is 17.7 Å². The fourth-order valence-corrected chi connectivity index (χ4v) is 2.21. The van der Waals surface area contributed by atoms with Crippen LogP contribution in [0.1, 0.15) is 19.2 Å². The highest BCUT2D eigenvalue weighted by Crippen LogP contribution is 2.24. The lowest BCUT2D eigenvalue weighted by atomic mass is 10.1. The summed E-state index contributed by atoms with van der Waals surface area (Å²) >= 11 is 0. The molecule has 1 fully saturated rings. The number of nitrogens with zero attached hydrogens (tertiary/aromatic N) is 3. The fourth-order valence-electron chi connectivity index (χ4n) is 2.21. The summed E-state index contributed by atoms with van der Waals surface area (Å²) in [6.07, 6.45) is 1.25. The Morgan fingerprint density at radius 3 is 2.88 bits per heavy atom. The van der Waals surface area contributed by atoms with Crippen molar-refractivity contribution >= 4 is 11.6 Å². The number of aryl methyl sites for hydroxylation is 1. The molecule has 0 aromatic carbocycles. The molecule has 17 heavy (non-hydrogen) atoms. The van der Waals surface area contributed by atoms with Gasteiger partial charge in [-0.15, -0.1) is 0 Å². The molecule has 2 atom stereocenters. The lowest BCUT2D eigenvalue weighted by molar-refractivity contribution is 0.118. The molecule has 1 aromatic heterocycles. The van der Waals surface area contributed by atoms with Crippen molar-refractivity contribution in [1.82, 2.24) is 9.97 Å². The van der Waals surface area contributed by atoms with Crippen molar-refractivity contribution in [2.75, 3.05) is 24.0 Å². The average molecular weight is 237 g/mol. The van der Waals surface area contributed by atoms with Crippen molar-refractivity contribution in [2.45, 2.75) is 32.4 Å². The second-order valence-corrected chi connectivity index (χ2v) is 4.35. The van der Waals surface area contributed by atoms with E-state index in [1.807, 2.05) is 20.0 Å². The normalized spacial score (nSPS) is 23.8. The Kier molecular flexibility index (Phi) is 3.44. The first kappa shape index (κ1) is 12.1. The quantitative estimate of drug-likeness (QED) is 0.595. The van der Waals surface area contributed by atoms with Crippen molar-refractivity contribution in [3.8, 4) is 0 Å². The second kappa shape index (κ2) is 4.85. The molecule has 0 amide bonds. The van der Waals surface area contributed by atoms with Gasteiger partial charge in [-0.25, -0.2) is 15.8 Å². The molecule has 0 spiro atoms. The van der Waals surface area contributed by atoms with E-state index in [4.69, 9.17) is 10.6 Å². The van der Waals surface area contributed by atoms with Crippen molar-refractivity contribution < 1.29 is 4.74 Å². The zero-order valence-electron chi connectivity index (χ0n) is 10.5. The van der Waals surface area contributed by atoms with Gasteiger partial charge in [-0.3, -0.25) is 0 Å². The molecule has 2 rings (SSSR count). The van der Waals surface area contributed by atoms with Gasteiger partial charge in [0, 0.05) is 19.7 Å². The van der Waals surface area contributed by atoms with Crippen molar-refractivity contribution in [3.05, 3.63) is 11.9 Å². The second-order valence-electron chi connectivity index (χ2n) is 4.35. The maximum absolute atomic E-state index is 5.57. The van der Waals surface area contributed by atoms with Crippen molar-refractivity contribution in [2.24, 2.45) is 5.84 Å². The summed E-state index contributed by atoms with van der Waals surface area (Å²) in [5.74, 6) is 7.59. The molecule has 1 aliphatic heterocycles. The number of hydrogen-bond acceptors (Lipinski definition) is 6. The van der Waals surface area contributed by atoms with Gasteiger partial charge in [0.15, 0.2) is 0 Å². The summed E-state index contributed by atoms with van der Waals surface area (Å²) in [6, 6.07) is 2.20. The van der Waals surface area contributed by atoms with Gasteiger partial charge in [0.1, 0.15) is 17.5 Å². The van der Waals surface area contributed by atoms with Crippen molar-refractivity contribution in [1.29, 1.82) is 0 Å². The number of hydrazine groups is 1. The molecule has 6 nitrogen and oxygen atoms in total. The Hall–Kier alpha value is -1.40. The van der Waals surface area contributed by atoms with E-state index in [0.717, 1.165) is 18.8 Å². The zero-order valence-corrected chi connectivity index (χ0v) is 10.5. The number of nitrogens with one attached hydrogen (secondary N) is 1. The third-order valence-corrected chi connectivity index (χ3v) is 3.17. The number of ether oxygens (including phenoxy) is 1. The highest BCUT2D eigenvalue weighted by molar-refractivity contribution is 5.49. The van der Waals surface area contributed by atoms with Gasteiger partial charge in [-0.1, -0.05) is 0 Å². The zero-order chi connectivity index (χ0) is 12.4. The fraction of sp³-hybridized carbons (Fsp3) is 0.636. The minimum Gasteiger partial charge on any atom is -0.376 e. The highest BCUT2D eigenvalue weighted by atomic mass is 16.5. The Morgan fingerprint density at radius 2 is 2.29 bits per heavy atom. The lowest BCUT2D eigenvalue weighted by Gasteiger charge is -2.28. The van der Waals surface area contributed by atoms with E-state index in [2.05, 4.69) is 27.2 Å². The van der Waals surface area contributed by atoms with Crippen LogP contribution in [-0.4, -0.2) is 35.8 Å². The topological polar surface area (TPSA) is 76.3 Å². The molecule has 0 saturated carbocycles. The smallest absolute Gasteiger partial charge is 0.145 e. The predicted octanol–water partition coefficient (Wildman–Crippen LogP) is 0.684. The summed E-state index contributed by atoms with van der Waals surface area (Å²) in [6.45, 7) is 4.75. The van der Waals surface area contributed by atoms with Crippen LogP contribution in [0, 0.1) is 6.92 Å². The van der Waals surface area contributed by atoms with Gasteiger partial charge in [-0.2, -0.15) is 0 Å². The van der Waals surface area contributed by atoms with E-state index in [1.54, 1.807) is 0 Å². The lowest BCUT2D eigenvalue weighted by Crippen LogP contribution is -2.37. The SMILES string of the molecule is Cc1nc(NN)cc(N(C)C2CCOC2C)n1. The number of aromatic nitrogens is 2. The molecule has 2 heterocycles. The molecule has 2 unspecified atom stereocenters. The third-order valence-electron chi connectivity index (χ3n) is 3.17. The Balaban J connectivity index is 2.23. The predicted molar refractivity (Wildman–Crippen MR) is 66.8 cm³/mol. The van der Waals surface area contributed by atoms with E-state index in [-0.39, 0.29) is 6.10 Å². The molecule has 0 bridgehead atoms. The Morgan fingerprint density at radius 1 is 1.53 bits per heavy atom. The maximum Gasteiger partial charge on any atom is 0.145 e. The molecule has 0 radical (unpaired) electrons. The first-order valence-corrected chi connectivity index (χ1v) is 5.78. The van der Waals surface area contributed by atoms with Crippen LogP contribution in [0.25, 0.3) is 0 Å². The molecule has 1 aromatic rings. The van der Waals surface area contributed by atoms with Gasteiger partial charge in [0.2, 0.25) is 0 Å². The number of likely N-dealkylation sites (N-methyl/N-ethyl adjacent to an activating group) is 1. The van der Waals surface area contributed by atoms with Gasteiger partial charge < -0.3 is 15.1 Å². The Bertz CT molecular complexity index is 397. The third kappa shape index (κ3) is 2.48. The monoisotopic (exact) mass is 237 g/mol. The van der Waals surface area contributed by atoms with Gasteiger partial charge in [-0.05, 0) is 20.3 Å². The van der Waals surface area contributed by atoms with Crippen LogP contribution >= 0.6 is 0 Å². The van der Waals surface area contributed by atoms with Crippen LogP contribution in [0.5, 0.6) is 0 Å². The number of nitrogen functional groups attached to an aromatic ring is 1. The number of anilines is 2. The molecular weight excluding hydrogens is 218 g/mol.